The molecule has 1 N–H and O–H groups in total. The molecule has 2 aromatic heterocycles. The van der Waals surface area contributed by atoms with E-state index in [0.717, 1.165) is 15.0 Å². The van der Waals surface area contributed by atoms with Crippen LogP contribution >= 0.6 is 22.6 Å². The standard InChI is InChI=1S/C10H7IN2.HI/c11-10-8(4-3-7-13-10)9-5-1-2-6-12-9;/h1-7H;1H. The van der Waals surface area contributed by atoms with Crippen molar-refractivity contribution in [1.29, 1.82) is 0 Å². The van der Waals surface area contributed by atoms with Crippen molar-refractivity contribution >= 4 is 22.6 Å². The normalized spacial score (nSPS) is 9.21. The Labute approximate surface area is 113 Å². The number of nitrogens with zero attached hydrogens (tertiary/aromatic N) is 1. The van der Waals surface area contributed by atoms with E-state index in [2.05, 4.69) is 38.6 Å². The predicted octanol–water partition coefficient (Wildman–Crippen LogP) is -0.829. The van der Waals surface area contributed by atoms with E-state index < -0.39 is 0 Å². The third-order valence-corrected chi connectivity index (χ3v) is 2.62. The van der Waals surface area contributed by atoms with Gasteiger partial charge in [-0.05, 0) is 40.8 Å². The predicted molar refractivity (Wildman–Crippen MR) is 58.9 cm³/mol. The van der Waals surface area contributed by atoms with E-state index in [1.807, 2.05) is 30.5 Å². The van der Waals surface area contributed by atoms with Gasteiger partial charge in [0.1, 0.15) is 3.70 Å². The van der Waals surface area contributed by atoms with Crippen molar-refractivity contribution in [2.24, 2.45) is 0 Å². The molecule has 0 bridgehead atoms. The Morgan fingerprint density at radius 3 is 2.64 bits per heavy atom. The van der Waals surface area contributed by atoms with Crippen LogP contribution in [-0.2, 0) is 0 Å². The van der Waals surface area contributed by atoms with Crippen LogP contribution in [0.5, 0.6) is 0 Å². The highest BCUT2D eigenvalue weighted by Crippen LogP contribution is 2.18. The lowest BCUT2D eigenvalue weighted by molar-refractivity contribution is -0.364. The first-order chi connectivity index (χ1) is 6.38. The Morgan fingerprint density at radius 1 is 1.14 bits per heavy atom. The molecule has 0 radical (unpaired) electrons. The molecule has 2 aromatic rings. The fourth-order valence-corrected chi connectivity index (χ4v) is 1.78. The number of nitrogens with one attached hydrogen (secondary N) is 1. The molecule has 0 fully saturated rings. The van der Waals surface area contributed by atoms with Crippen molar-refractivity contribution in [3.8, 4) is 11.3 Å². The second-order valence-corrected chi connectivity index (χ2v) is 3.64. The third kappa shape index (κ3) is 2.63. The molecule has 0 spiro atoms. The number of pyridine rings is 2. The molecule has 0 aliphatic rings. The van der Waals surface area contributed by atoms with E-state index in [0.29, 0.717) is 0 Å². The second-order valence-electron chi connectivity index (χ2n) is 2.62. The fourth-order valence-electron chi connectivity index (χ4n) is 1.15. The second kappa shape index (κ2) is 5.59. The molecule has 2 heterocycles. The van der Waals surface area contributed by atoms with Crippen molar-refractivity contribution in [1.82, 2.24) is 4.98 Å². The zero-order valence-corrected chi connectivity index (χ0v) is 11.6. The first-order valence-electron chi connectivity index (χ1n) is 3.95. The minimum Gasteiger partial charge on any atom is -1.00 e. The molecule has 0 aliphatic heterocycles. The summed E-state index contributed by atoms with van der Waals surface area (Å²) in [6, 6.07) is 10.0. The van der Waals surface area contributed by atoms with E-state index in [9.17, 15) is 0 Å². The molecular weight excluding hydrogens is 402 g/mol. The lowest BCUT2D eigenvalue weighted by Gasteiger charge is -1.96. The molecule has 0 aliphatic carbocycles. The lowest BCUT2D eigenvalue weighted by Crippen LogP contribution is -3.00. The van der Waals surface area contributed by atoms with Gasteiger partial charge in [0.2, 0.25) is 5.69 Å². The van der Waals surface area contributed by atoms with Gasteiger partial charge in [0.25, 0.3) is 0 Å². The summed E-state index contributed by atoms with van der Waals surface area (Å²) >= 11 is 2.23. The summed E-state index contributed by atoms with van der Waals surface area (Å²) in [6.45, 7) is 0. The summed E-state index contributed by atoms with van der Waals surface area (Å²) in [6.07, 6.45) is 3.71. The van der Waals surface area contributed by atoms with Crippen molar-refractivity contribution in [3.05, 3.63) is 46.4 Å². The first-order valence-corrected chi connectivity index (χ1v) is 5.03. The number of H-pyrrole nitrogens is 1. The molecule has 0 atom stereocenters. The summed E-state index contributed by atoms with van der Waals surface area (Å²) in [4.78, 5) is 7.40. The van der Waals surface area contributed by atoms with Crippen molar-refractivity contribution in [2.45, 2.75) is 0 Å². The molecule has 72 valence electrons. The van der Waals surface area contributed by atoms with Gasteiger partial charge in [0.15, 0.2) is 6.20 Å². The van der Waals surface area contributed by atoms with Crippen LogP contribution in [0.3, 0.4) is 0 Å². The van der Waals surface area contributed by atoms with Gasteiger partial charge < -0.3 is 24.0 Å². The van der Waals surface area contributed by atoms with E-state index in [1.54, 1.807) is 6.20 Å². The topological polar surface area (TPSA) is 27.0 Å². The number of hydrogen-bond acceptors (Lipinski definition) is 1. The molecule has 2 nitrogen and oxygen atoms in total. The van der Waals surface area contributed by atoms with Crippen LogP contribution in [0.2, 0.25) is 0 Å². The highest BCUT2D eigenvalue weighted by Gasteiger charge is 2.07. The van der Waals surface area contributed by atoms with Gasteiger partial charge in [0, 0.05) is 18.3 Å². The fraction of sp³-hybridized carbons (Fsp3) is 0. The zero-order valence-electron chi connectivity index (χ0n) is 7.24. The van der Waals surface area contributed by atoms with Gasteiger partial charge in [-0.1, -0.05) is 0 Å². The van der Waals surface area contributed by atoms with Gasteiger partial charge >= 0.3 is 0 Å². The van der Waals surface area contributed by atoms with Crippen LogP contribution in [0.25, 0.3) is 11.3 Å². The molecule has 14 heavy (non-hydrogen) atoms. The average molecular weight is 410 g/mol. The van der Waals surface area contributed by atoms with Crippen LogP contribution < -0.4 is 29.0 Å². The summed E-state index contributed by atoms with van der Waals surface area (Å²) in [5.41, 5.74) is 2.24. The van der Waals surface area contributed by atoms with Gasteiger partial charge in [-0.25, -0.2) is 9.97 Å². The van der Waals surface area contributed by atoms with Crippen LogP contribution in [0.15, 0.2) is 42.7 Å². The largest absolute Gasteiger partial charge is 1.00 e. The highest BCUT2D eigenvalue weighted by molar-refractivity contribution is 14.1. The highest BCUT2D eigenvalue weighted by atomic mass is 127. The smallest absolute Gasteiger partial charge is 0.213 e. The lowest BCUT2D eigenvalue weighted by atomic mass is 10.2. The molecule has 0 amide bonds. The van der Waals surface area contributed by atoms with Crippen LogP contribution in [0.4, 0.5) is 0 Å². The van der Waals surface area contributed by atoms with E-state index in [1.165, 1.54) is 0 Å². The number of aromatic nitrogens is 2. The SMILES string of the molecule is Ic1ncccc1-c1cccc[nH+]1.[I-]. The summed E-state index contributed by atoms with van der Waals surface area (Å²) < 4.78 is 1.02. The maximum Gasteiger partial charge on any atom is 0.213 e. The van der Waals surface area contributed by atoms with Crippen LogP contribution in [-0.4, -0.2) is 4.98 Å². The first kappa shape index (κ1) is 11.8. The van der Waals surface area contributed by atoms with E-state index >= 15 is 0 Å². The number of halogens is 2. The Hall–Kier alpha value is -0.240. The molecule has 0 aromatic carbocycles. The van der Waals surface area contributed by atoms with Crippen LogP contribution in [0.1, 0.15) is 0 Å². The number of rotatable bonds is 1. The van der Waals surface area contributed by atoms with Crippen molar-refractivity contribution < 1.29 is 29.0 Å². The minimum absolute atomic E-state index is 0. The zero-order chi connectivity index (χ0) is 9.10. The van der Waals surface area contributed by atoms with Gasteiger partial charge in [-0.2, -0.15) is 0 Å². The van der Waals surface area contributed by atoms with Crippen LogP contribution in [0, 0.1) is 3.70 Å². The third-order valence-electron chi connectivity index (χ3n) is 1.76. The molecule has 0 unspecified atom stereocenters. The van der Waals surface area contributed by atoms with E-state index in [4.69, 9.17) is 0 Å². The summed E-state index contributed by atoms with van der Waals surface area (Å²) in [7, 11) is 0. The minimum atomic E-state index is 0. The Kier molecular flexibility index (Phi) is 4.73. The number of hydrogen-bond donors (Lipinski definition) is 0. The van der Waals surface area contributed by atoms with Crippen molar-refractivity contribution in [3.63, 3.8) is 0 Å². The maximum absolute atomic E-state index is 4.22. The molecule has 0 saturated carbocycles. The molecular formula is C10H8I2N2. The Balaban J connectivity index is 0.000000980. The summed E-state index contributed by atoms with van der Waals surface area (Å²) in [5.74, 6) is 0. The van der Waals surface area contributed by atoms with Gasteiger partial charge in [-0.3, -0.25) is 0 Å². The monoisotopic (exact) mass is 410 g/mol. The molecule has 0 saturated heterocycles. The van der Waals surface area contributed by atoms with E-state index in [-0.39, 0.29) is 24.0 Å². The number of aromatic amines is 1. The summed E-state index contributed by atoms with van der Waals surface area (Å²) in [5, 5.41) is 0. The van der Waals surface area contributed by atoms with Gasteiger partial charge in [0.05, 0.1) is 5.56 Å². The average Bonchev–Trinajstić information content (AvgIpc) is 2.20. The van der Waals surface area contributed by atoms with Crippen molar-refractivity contribution in [2.75, 3.05) is 0 Å². The Bertz CT molecular complexity index is 404. The van der Waals surface area contributed by atoms with Gasteiger partial charge in [-0.15, -0.1) is 0 Å². The molecule has 2 rings (SSSR count). The molecule has 4 heteroatoms. The Morgan fingerprint density at radius 2 is 2.00 bits per heavy atom. The quantitative estimate of drug-likeness (QED) is 0.446. The maximum atomic E-state index is 4.22.